The van der Waals surface area contributed by atoms with Crippen LogP contribution in [0.5, 0.6) is 0 Å². The van der Waals surface area contributed by atoms with Gasteiger partial charge in [-0.3, -0.25) is 0 Å². The lowest BCUT2D eigenvalue weighted by Gasteiger charge is -2.29. The van der Waals surface area contributed by atoms with Gasteiger partial charge in [-0.2, -0.15) is 0 Å². The van der Waals surface area contributed by atoms with Gasteiger partial charge < -0.3 is 4.90 Å². The van der Waals surface area contributed by atoms with E-state index in [9.17, 15) is 0 Å². The Morgan fingerprint density at radius 2 is 0.872 bits per heavy atom. The fourth-order valence-corrected chi connectivity index (χ4v) is 4.95. The fourth-order valence-electron chi connectivity index (χ4n) is 4.95. The lowest BCUT2D eigenvalue weighted by atomic mass is 10.00. The standard InChI is InChI=1S/C38H29N/c1-4-14-30(15-5-1)24-25-34-20-10-12-22-37(34)39(35-28-26-32(27-29-35)31-16-6-2-7-17-31)38-23-13-11-21-36(38)33-18-8-3-9-19-33/h1-29H. The molecule has 0 bridgehead atoms. The van der Waals surface area contributed by atoms with Gasteiger partial charge in [0, 0.05) is 11.3 Å². The van der Waals surface area contributed by atoms with Gasteiger partial charge in [0.1, 0.15) is 0 Å². The molecule has 0 aliphatic heterocycles. The van der Waals surface area contributed by atoms with Crippen molar-refractivity contribution in [1.82, 2.24) is 0 Å². The van der Waals surface area contributed by atoms with Gasteiger partial charge in [-0.05, 0) is 52.1 Å². The number of para-hydroxylation sites is 2. The molecule has 0 radical (unpaired) electrons. The zero-order valence-corrected chi connectivity index (χ0v) is 21.7. The number of nitrogens with zero attached hydrogens (tertiary/aromatic N) is 1. The van der Waals surface area contributed by atoms with Crippen molar-refractivity contribution in [2.45, 2.75) is 0 Å². The molecule has 6 rings (SSSR count). The minimum atomic E-state index is 1.11. The topological polar surface area (TPSA) is 3.24 Å². The first-order valence-corrected chi connectivity index (χ1v) is 13.3. The van der Waals surface area contributed by atoms with Crippen molar-refractivity contribution < 1.29 is 0 Å². The second-order valence-electron chi connectivity index (χ2n) is 9.43. The van der Waals surface area contributed by atoms with Crippen LogP contribution in [0.1, 0.15) is 11.1 Å². The Morgan fingerprint density at radius 1 is 0.359 bits per heavy atom. The summed E-state index contributed by atoms with van der Waals surface area (Å²) < 4.78 is 0. The van der Waals surface area contributed by atoms with E-state index in [0.717, 1.165) is 22.6 Å². The smallest absolute Gasteiger partial charge is 0.0540 e. The summed E-state index contributed by atoms with van der Waals surface area (Å²) in [6, 6.07) is 57.7. The highest BCUT2D eigenvalue weighted by Crippen LogP contribution is 2.42. The Morgan fingerprint density at radius 3 is 1.56 bits per heavy atom. The highest BCUT2D eigenvalue weighted by atomic mass is 15.1. The summed E-state index contributed by atoms with van der Waals surface area (Å²) in [6.07, 6.45) is 4.39. The molecule has 0 saturated carbocycles. The van der Waals surface area contributed by atoms with Crippen LogP contribution >= 0.6 is 0 Å². The maximum absolute atomic E-state index is 2.38. The van der Waals surface area contributed by atoms with E-state index in [4.69, 9.17) is 0 Å². The van der Waals surface area contributed by atoms with Crippen LogP contribution in [0.15, 0.2) is 164 Å². The maximum Gasteiger partial charge on any atom is 0.0540 e. The molecule has 6 aromatic rings. The first kappa shape index (κ1) is 24.2. The van der Waals surface area contributed by atoms with E-state index in [-0.39, 0.29) is 0 Å². The van der Waals surface area contributed by atoms with Gasteiger partial charge in [-0.15, -0.1) is 0 Å². The first-order chi connectivity index (χ1) is 19.4. The number of rotatable bonds is 7. The SMILES string of the molecule is C(=Cc1ccccc1N(c1ccc(-c2ccccc2)cc1)c1ccccc1-c1ccccc1)c1ccccc1. The van der Waals surface area contributed by atoms with Crippen LogP contribution in [0.2, 0.25) is 0 Å². The van der Waals surface area contributed by atoms with Crippen LogP contribution in [0, 0.1) is 0 Å². The van der Waals surface area contributed by atoms with Crippen molar-refractivity contribution in [2.24, 2.45) is 0 Å². The molecule has 0 heterocycles. The molecule has 0 atom stereocenters. The Bertz CT molecular complexity index is 1670. The van der Waals surface area contributed by atoms with E-state index < -0.39 is 0 Å². The van der Waals surface area contributed by atoms with Gasteiger partial charge in [0.05, 0.1) is 11.4 Å². The highest BCUT2D eigenvalue weighted by Gasteiger charge is 2.18. The minimum Gasteiger partial charge on any atom is -0.309 e. The third kappa shape index (κ3) is 5.44. The van der Waals surface area contributed by atoms with Crippen molar-refractivity contribution in [2.75, 3.05) is 4.90 Å². The van der Waals surface area contributed by atoms with Crippen molar-refractivity contribution >= 4 is 29.2 Å². The zero-order valence-electron chi connectivity index (χ0n) is 21.7. The largest absolute Gasteiger partial charge is 0.309 e. The Kier molecular flexibility index (Phi) is 7.14. The van der Waals surface area contributed by atoms with Gasteiger partial charge in [0.2, 0.25) is 0 Å². The molecule has 0 aliphatic carbocycles. The molecule has 0 aliphatic rings. The van der Waals surface area contributed by atoms with Crippen molar-refractivity contribution in [3.63, 3.8) is 0 Å². The van der Waals surface area contributed by atoms with Crippen LogP contribution in [0.25, 0.3) is 34.4 Å². The summed E-state index contributed by atoms with van der Waals surface area (Å²) in [5, 5.41) is 0. The number of anilines is 3. The average molecular weight is 500 g/mol. The molecule has 0 unspecified atom stereocenters. The summed E-state index contributed by atoms with van der Waals surface area (Å²) in [6.45, 7) is 0. The van der Waals surface area contributed by atoms with Crippen LogP contribution in [0.4, 0.5) is 17.1 Å². The van der Waals surface area contributed by atoms with E-state index in [1.807, 2.05) is 6.07 Å². The van der Waals surface area contributed by atoms with Crippen molar-refractivity contribution in [3.05, 3.63) is 175 Å². The maximum atomic E-state index is 2.38. The molecule has 0 N–H and O–H groups in total. The molecule has 39 heavy (non-hydrogen) atoms. The average Bonchev–Trinajstić information content (AvgIpc) is 3.03. The summed E-state index contributed by atoms with van der Waals surface area (Å²) in [5.41, 5.74) is 10.5. The number of benzene rings is 6. The first-order valence-electron chi connectivity index (χ1n) is 13.3. The molecule has 186 valence electrons. The van der Waals surface area contributed by atoms with Crippen molar-refractivity contribution in [1.29, 1.82) is 0 Å². The second-order valence-corrected chi connectivity index (χ2v) is 9.43. The van der Waals surface area contributed by atoms with Gasteiger partial charge in [0.25, 0.3) is 0 Å². The Hall–Kier alpha value is -5.14. The van der Waals surface area contributed by atoms with Crippen LogP contribution in [-0.4, -0.2) is 0 Å². The predicted octanol–water partition coefficient (Wildman–Crippen LogP) is 10.7. The second kappa shape index (κ2) is 11.5. The van der Waals surface area contributed by atoms with Crippen LogP contribution < -0.4 is 4.90 Å². The minimum absolute atomic E-state index is 1.11. The molecule has 1 nitrogen and oxygen atoms in total. The normalized spacial score (nSPS) is 11.0. The third-order valence-corrected chi connectivity index (χ3v) is 6.89. The third-order valence-electron chi connectivity index (χ3n) is 6.89. The molecular formula is C38H29N. The zero-order chi connectivity index (χ0) is 26.3. The van der Waals surface area contributed by atoms with Crippen molar-refractivity contribution in [3.8, 4) is 22.3 Å². The number of hydrogen-bond donors (Lipinski definition) is 0. The predicted molar refractivity (Wildman–Crippen MR) is 167 cm³/mol. The summed E-state index contributed by atoms with van der Waals surface area (Å²) in [4.78, 5) is 2.38. The van der Waals surface area contributed by atoms with E-state index in [2.05, 4.69) is 175 Å². The molecule has 0 aromatic heterocycles. The van der Waals surface area contributed by atoms with Gasteiger partial charge in [0.15, 0.2) is 0 Å². The van der Waals surface area contributed by atoms with Gasteiger partial charge in [-0.25, -0.2) is 0 Å². The summed E-state index contributed by atoms with van der Waals surface area (Å²) >= 11 is 0. The van der Waals surface area contributed by atoms with E-state index in [0.29, 0.717) is 0 Å². The monoisotopic (exact) mass is 499 g/mol. The molecule has 0 saturated heterocycles. The quantitative estimate of drug-likeness (QED) is 0.197. The Labute approximate surface area is 231 Å². The van der Waals surface area contributed by atoms with E-state index >= 15 is 0 Å². The molecule has 6 aromatic carbocycles. The summed E-state index contributed by atoms with van der Waals surface area (Å²) in [7, 11) is 0. The molecular weight excluding hydrogens is 470 g/mol. The van der Waals surface area contributed by atoms with Gasteiger partial charge >= 0.3 is 0 Å². The molecule has 0 fully saturated rings. The lowest BCUT2D eigenvalue weighted by Crippen LogP contribution is -2.12. The summed E-state index contributed by atoms with van der Waals surface area (Å²) in [5.74, 6) is 0. The molecule has 0 amide bonds. The molecule has 0 spiro atoms. The molecule has 1 heteroatoms. The lowest BCUT2D eigenvalue weighted by molar-refractivity contribution is 1.28. The highest BCUT2D eigenvalue weighted by molar-refractivity contribution is 5.91. The van der Waals surface area contributed by atoms with E-state index in [1.165, 1.54) is 27.8 Å². The Balaban J connectivity index is 1.51. The number of hydrogen-bond acceptors (Lipinski definition) is 1. The fraction of sp³-hybridized carbons (Fsp3) is 0. The van der Waals surface area contributed by atoms with E-state index in [1.54, 1.807) is 0 Å². The van der Waals surface area contributed by atoms with Crippen LogP contribution in [-0.2, 0) is 0 Å². The van der Waals surface area contributed by atoms with Gasteiger partial charge in [-0.1, -0.05) is 152 Å². The van der Waals surface area contributed by atoms with Crippen LogP contribution in [0.3, 0.4) is 0 Å².